The maximum Gasteiger partial charge on any atom is 0.274 e. The van der Waals surface area contributed by atoms with Crippen molar-refractivity contribution >= 4 is 23.0 Å². The lowest BCUT2D eigenvalue weighted by Crippen LogP contribution is -2.13. The molecule has 0 saturated heterocycles. The number of rotatable bonds is 6. The minimum absolute atomic E-state index is 0.222. The summed E-state index contributed by atoms with van der Waals surface area (Å²) < 4.78 is 31.5. The number of ether oxygens (including phenoxy) is 1. The summed E-state index contributed by atoms with van der Waals surface area (Å²) in [5, 5.41) is 5.63. The second kappa shape index (κ2) is 8.27. The first-order chi connectivity index (χ1) is 13.0. The van der Waals surface area contributed by atoms with Crippen LogP contribution in [0, 0.1) is 11.6 Å². The van der Waals surface area contributed by atoms with Gasteiger partial charge in [0.25, 0.3) is 5.91 Å². The van der Waals surface area contributed by atoms with Gasteiger partial charge in [-0.25, -0.2) is 13.8 Å². The van der Waals surface area contributed by atoms with Crippen LogP contribution in [0.4, 0.5) is 25.8 Å². The molecule has 0 radical (unpaired) electrons. The molecule has 7 heteroatoms. The molecule has 0 unspecified atom stereocenters. The average Bonchev–Trinajstić information content (AvgIpc) is 2.67. The van der Waals surface area contributed by atoms with Crippen LogP contribution in [-0.4, -0.2) is 17.5 Å². The number of halogens is 2. The van der Waals surface area contributed by atoms with Crippen molar-refractivity contribution in [3.05, 3.63) is 78.1 Å². The van der Waals surface area contributed by atoms with Crippen LogP contribution in [0.3, 0.4) is 0 Å². The summed E-state index contributed by atoms with van der Waals surface area (Å²) in [6.45, 7) is 2.47. The average molecular weight is 369 g/mol. The zero-order chi connectivity index (χ0) is 19.2. The Hall–Kier alpha value is -3.48. The van der Waals surface area contributed by atoms with Gasteiger partial charge in [-0.1, -0.05) is 0 Å². The van der Waals surface area contributed by atoms with Crippen LogP contribution in [-0.2, 0) is 0 Å². The summed E-state index contributed by atoms with van der Waals surface area (Å²) >= 11 is 0. The smallest absolute Gasteiger partial charge is 0.274 e. The fraction of sp³-hybridized carbons (Fsp3) is 0.100. The Bertz CT molecular complexity index is 929. The van der Waals surface area contributed by atoms with E-state index in [0.717, 1.165) is 17.9 Å². The molecular formula is C20H17F2N3O2. The van der Waals surface area contributed by atoms with Gasteiger partial charge in [-0.05, 0) is 55.5 Å². The SMILES string of the molecule is CCOc1ccc(NC(=O)c2ccc(Nc3ccc(F)c(F)c3)cn2)cc1. The van der Waals surface area contributed by atoms with E-state index in [2.05, 4.69) is 15.6 Å². The van der Waals surface area contributed by atoms with Crippen LogP contribution < -0.4 is 15.4 Å². The highest BCUT2D eigenvalue weighted by Crippen LogP contribution is 2.19. The molecule has 0 spiro atoms. The maximum absolute atomic E-state index is 13.2. The first-order valence-corrected chi connectivity index (χ1v) is 8.27. The van der Waals surface area contributed by atoms with Crippen molar-refractivity contribution in [3.8, 4) is 5.75 Å². The number of anilines is 3. The predicted molar refractivity (Wildman–Crippen MR) is 99.4 cm³/mol. The van der Waals surface area contributed by atoms with Crippen molar-refractivity contribution < 1.29 is 18.3 Å². The van der Waals surface area contributed by atoms with Crippen molar-refractivity contribution in [1.82, 2.24) is 4.98 Å². The van der Waals surface area contributed by atoms with E-state index in [9.17, 15) is 13.6 Å². The lowest BCUT2D eigenvalue weighted by molar-refractivity contribution is 0.102. The summed E-state index contributed by atoms with van der Waals surface area (Å²) in [4.78, 5) is 16.4. The van der Waals surface area contributed by atoms with Crippen molar-refractivity contribution in [2.24, 2.45) is 0 Å². The Kier molecular flexibility index (Phi) is 5.61. The normalized spacial score (nSPS) is 10.3. The lowest BCUT2D eigenvalue weighted by Gasteiger charge is -2.09. The summed E-state index contributed by atoms with van der Waals surface area (Å²) in [7, 11) is 0. The van der Waals surface area contributed by atoms with Crippen LogP contribution in [0.15, 0.2) is 60.8 Å². The van der Waals surface area contributed by atoms with Crippen molar-refractivity contribution in [3.63, 3.8) is 0 Å². The molecule has 0 atom stereocenters. The van der Waals surface area contributed by atoms with Gasteiger partial charge >= 0.3 is 0 Å². The molecule has 0 saturated carbocycles. The van der Waals surface area contributed by atoms with Gasteiger partial charge in [-0.3, -0.25) is 4.79 Å². The third-order valence-corrected chi connectivity index (χ3v) is 3.63. The molecule has 2 aromatic carbocycles. The molecule has 0 aliphatic heterocycles. The van der Waals surface area contributed by atoms with E-state index >= 15 is 0 Å². The molecule has 3 aromatic rings. The topological polar surface area (TPSA) is 63.2 Å². The number of hydrogen-bond donors (Lipinski definition) is 2. The monoisotopic (exact) mass is 369 g/mol. The van der Waals surface area contributed by atoms with Gasteiger partial charge in [0, 0.05) is 17.4 Å². The first kappa shape index (κ1) is 18.3. The summed E-state index contributed by atoms with van der Waals surface area (Å²) in [6, 6.07) is 13.6. The lowest BCUT2D eigenvalue weighted by atomic mass is 10.2. The number of carbonyl (C=O) groups is 1. The van der Waals surface area contributed by atoms with Crippen LogP contribution in [0.25, 0.3) is 0 Å². The highest BCUT2D eigenvalue weighted by molar-refractivity contribution is 6.03. The van der Waals surface area contributed by atoms with Crippen molar-refractivity contribution in [2.75, 3.05) is 17.2 Å². The molecule has 0 fully saturated rings. The number of nitrogens with zero attached hydrogens (tertiary/aromatic N) is 1. The minimum Gasteiger partial charge on any atom is -0.494 e. The van der Waals surface area contributed by atoms with E-state index in [-0.39, 0.29) is 11.6 Å². The number of carbonyl (C=O) groups excluding carboxylic acids is 1. The second-order valence-electron chi connectivity index (χ2n) is 5.60. The Morgan fingerprint density at radius 3 is 2.30 bits per heavy atom. The van der Waals surface area contributed by atoms with E-state index in [1.54, 1.807) is 30.3 Å². The molecule has 5 nitrogen and oxygen atoms in total. The molecule has 0 bridgehead atoms. The fourth-order valence-corrected chi connectivity index (χ4v) is 2.34. The van der Waals surface area contributed by atoms with Gasteiger partial charge in [-0.2, -0.15) is 0 Å². The molecule has 27 heavy (non-hydrogen) atoms. The summed E-state index contributed by atoms with van der Waals surface area (Å²) in [6.07, 6.45) is 1.44. The highest BCUT2D eigenvalue weighted by Gasteiger charge is 2.09. The standard InChI is InChI=1S/C20H17F2N3O2/c1-2-27-16-7-3-13(4-8-16)25-20(26)19-10-6-15(12-23-19)24-14-5-9-17(21)18(22)11-14/h3-12,24H,2H2,1H3,(H,25,26). The molecule has 1 amide bonds. The van der Waals surface area contributed by atoms with Crippen LogP contribution in [0.1, 0.15) is 17.4 Å². The number of hydrogen-bond acceptors (Lipinski definition) is 4. The fourth-order valence-electron chi connectivity index (χ4n) is 2.34. The van der Waals surface area contributed by atoms with Crippen LogP contribution in [0.2, 0.25) is 0 Å². The molecular weight excluding hydrogens is 352 g/mol. The number of amides is 1. The quantitative estimate of drug-likeness (QED) is 0.658. The summed E-state index contributed by atoms with van der Waals surface area (Å²) in [5.74, 6) is -1.50. The predicted octanol–water partition coefficient (Wildman–Crippen LogP) is 4.75. The third kappa shape index (κ3) is 4.78. The van der Waals surface area contributed by atoms with Gasteiger partial charge in [-0.15, -0.1) is 0 Å². The van der Waals surface area contributed by atoms with Crippen molar-refractivity contribution in [1.29, 1.82) is 0 Å². The number of aromatic nitrogens is 1. The third-order valence-electron chi connectivity index (χ3n) is 3.63. The minimum atomic E-state index is -0.945. The van der Waals surface area contributed by atoms with E-state index in [1.807, 2.05) is 6.92 Å². The Balaban J connectivity index is 1.63. The van der Waals surface area contributed by atoms with Gasteiger partial charge < -0.3 is 15.4 Å². The zero-order valence-electron chi connectivity index (χ0n) is 14.5. The van der Waals surface area contributed by atoms with E-state index < -0.39 is 11.6 Å². The molecule has 0 aliphatic carbocycles. The van der Waals surface area contributed by atoms with E-state index in [1.165, 1.54) is 18.3 Å². The molecule has 138 valence electrons. The number of benzene rings is 2. The Morgan fingerprint density at radius 2 is 1.67 bits per heavy atom. The number of pyridine rings is 1. The zero-order valence-corrected chi connectivity index (χ0v) is 14.5. The maximum atomic E-state index is 13.2. The van der Waals surface area contributed by atoms with E-state index in [0.29, 0.717) is 23.7 Å². The number of nitrogens with one attached hydrogen (secondary N) is 2. The molecule has 2 N–H and O–H groups in total. The van der Waals surface area contributed by atoms with Crippen LogP contribution >= 0.6 is 0 Å². The van der Waals surface area contributed by atoms with E-state index in [4.69, 9.17) is 4.74 Å². The highest BCUT2D eigenvalue weighted by atomic mass is 19.2. The molecule has 3 rings (SSSR count). The van der Waals surface area contributed by atoms with Gasteiger partial charge in [0.05, 0.1) is 18.5 Å². The Morgan fingerprint density at radius 1 is 0.963 bits per heavy atom. The molecule has 0 aliphatic rings. The van der Waals surface area contributed by atoms with Crippen molar-refractivity contribution in [2.45, 2.75) is 6.92 Å². The van der Waals surface area contributed by atoms with Gasteiger partial charge in [0.1, 0.15) is 11.4 Å². The molecule has 1 aromatic heterocycles. The first-order valence-electron chi connectivity index (χ1n) is 8.27. The van der Waals surface area contributed by atoms with Gasteiger partial charge in [0.15, 0.2) is 11.6 Å². The van der Waals surface area contributed by atoms with Gasteiger partial charge in [0.2, 0.25) is 0 Å². The second-order valence-corrected chi connectivity index (χ2v) is 5.60. The van der Waals surface area contributed by atoms with Crippen LogP contribution in [0.5, 0.6) is 5.75 Å². The molecule has 1 heterocycles. The largest absolute Gasteiger partial charge is 0.494 e. The Labute approximate surface area is 155 Å². The summed E-state index contributed by atoms with van der Waals surface area (Å²) in [5.41, 5.74) is 1.76.